The van der Waals surface area contributed by atoms with Crippen LogP contribution in [-0.4, -0.2) is 24.9 Å². The molecule has 1 aromatic carbocycles. The molecule has 0 atom stereocenters. The maximum absolute atomic E-state index is 14.4. The van der Waals surface area contributed by atoms with Gasteiger partial charge < -0.3 is 19.9 Å². The second-order valence-electron chi connectivity index (χ2n) is 7.51. The third-order valence-corrected chi connectivity index (χ3v) is 6.10. The number of nitrogens with zero attached hydrogens (tertiary/aromatic N) is 2. The van der Waals surface area contributed by atoms with Crippen molar-refractivity contribution in [3.63, 3.8) is 0 Å². The molecule has 3 N–H and O–H groups in total. The first kappa shape index (κ1) is 17.5. The van der Waals surface area contributed by atoms with Crippen LogP contribution in [0.15, 0.2) is 16.9 Å². The van der Waals surface area contributed by atoms with E-state index >= 15 is 0 Å². The summed E-state index contributed by atoms with van der Waals surface area (Å²) in [4.78, 5) is 17.5. The minimum Gasteiger partial charge on any atom is -0.391 e. The van der Waals surface area contributed by atoms with Crippen LogP contribution >= 0.6 is 0 Å². The molecule has 1 aliphatic carbocycles. The average Bonchev–Trinajstić information content (AvgIpc) is 3.05. The van der Waals surface area contributed by atoms with Crippen molar-refractivity contribution in [2.45, 2.75) is 45.6 Å². The summed E-state index contributed by atoms with van der Waals surface area (Å²) in [5.41, 5.74) is 4.71. The molecule has 0 fully saturated rings. The lowest BCUT2D eigenvalue weighted by Crippen LogP contribution is -2.26. The van der Waals surface area contributed by atoms with Crippen LogP contribution in [0.4, 0.5) is 4.39 Å². The second-order valence-corrected chi connectivity index (χ2v) is 7.51. The molecule has 6 nitrogen and oxygen atoms in total. The van der Waals surface area contributed by atoms with Crippen LogP contribution in [0.3, 0.4) is 0 Å². The highest BCUT2D eigenvalue weighted by Gasteiger charge is 2.31. The summed E-state index contributed by atoms with van der Waals surface area (Å²) in [5, 5.41) is 29.8. The first-order valence-corrected chi connectivity index (χ1v) is 9.29. The molecule has 0 radical (unpaired) electrons. The zero-order valence-corrected chi connectivity index (χ0v) is 15.3. The van der Waals surface area contributed by atoms with Gasteiger partial charge in [0.25, 0.3) is 5.56 Å². The average molecular weight is 382 g/mol. The molecular formula is C21H19FN2O4. The van der Waals surface area contributed by atoms with Crippen molar-refractivity contribution in [2.24, 2.45) is 0 Å². The molecule has 2 aliphatic rings. The molecule has 5 rings (SSSR count). The van der Waals surface area contributed by atoms with Gasteiger partial charge in [0.2, 0.25) is 0 Å². The van der Waals surface area contributed by atoms with Crippen LogP contribution in [0, 0.1) is 12.7 Å². The van der Waals surface area contributed by atoms with Crippen LogP contribution in [0.5, 0.6) is 0 Å². The third kappa shape index (κ3) is 2.18. The van der Waals surface area contributed by atoms with Crippen LogP contribution in [0.25, 0.3) is 22.3 Å². The van der Waals surface area contributed by atoms with E-state index in [1.807, 2.05) is 0 Å². The summed E-state index contributed by atoms with van der Waals surface area (Å²) in [6.07, 6.45) is 0.646. The minimum absolute atomic E-state index is 0.0297. The Morgan fingerprint density at radius 1 is 1.21 bits per heavy atom. The highest BCUT2D eigenvalue weighted by atomic mass is 19.1. The molecule has 0 bridgehead atoms. The Morgan fingerprint density at radius 2 is 1.96 bits per heavy atom. The number of hydrogen-bond acceptors (Lipinski definition) is 5. The van der Waals surface area contributed by atoms with E-state index in [1.54, 1.807) is 6.92 Å². The van der Waals surface area contributed by atoms with E-state index in [2.05, 4.69) is 4.98 Å². The smallest absolute Gasteiger partial charge is 0.257 e. The van der Waals surface area contributed by atoms with Gasteiger partial charge in [-0.05, 0) is 48.9 Å². The number of pyridine rings is 2. The van der Waals surface area contributed by atoms with Crippen LogP contribution < -0.4 is 5.56 Å². The van der Waals surface area contributed by atoms with E-state index in [1.165, 1.54) is 16.7 Å². The van der Waals surface area contributed by atoms with Gasteiger partial charge in [-0.2, -0.15) is 0 Å². The monoisotopic (exact) mass is 382 g/mol. The Labute approximate surface area is 159 Å². The van der Waals surface area contributed by atoms with Crippen molar-refractivity contribution >= 4 is 10.9 Å². The van der Waals surface area contributed by atoms with E-state index in [9.17, 15) is 24.5 Å². The van der Waals surface area contributed by atoms with Crippen molar-refractivity contribution in [3.8, 4) is 11.4 Å². The summed E-state index contributed by atoms with van der Waals surface area (Å²) in [5.74, 6) is -0.291. The Bertz CT molecular complexity index is 1230. The summed E-state index contributed by atoms with van der Waals surface area (Å²) < 4.78 is 15.9. The quantitative estimate of drug-likeness (QED) is 0.460. The molecule has 0 unspecified atom stereocenters. The number of aromatic nitrogens is 2. The van der Waals surface area contributed by atoms with Crippen molar-refractivity contribution in [3.05, 3.63) is 61.7 Å². The molecule has 0 amide bonds. The van der Waals surface area contributed by atoms with Crippen LogP contribution in [0.1, 0.15) is 46.1 Å². The molecular weight excluding hydrogens is 363 g/mol. The number of aliphatic hydroxyl groups excluding tert-OH is 2. The Hall–Kier alpha value is -2.61. The number of halogens is 1. The molecule has 1 aliphatic heterocycles. The lowest BCUT2D eigenvalue weighted by Gasteiger charge is -2.21. The van der Waals surface area contributed by atoms with Crippen LogP contribution in [0.2, 0.25) is 0 Å². The predicted molar refractivity (Wildman–Crippen MR) is 100 cm³/mol. The van der Waals surface area contributed by atoms with E-state index in [0.717, 1.165) is 41.3 Å². The third-order valence-electron chi connectivity index (χ3n) is 6.10. The Balaban J connectivity index is 1.87. The number of aryl methyl sites for hydroxylation is 2. The highest BCUT2D eigenvalue weighted by molar-refractivity contribution is 5.92. The summed E-state index contributed by atoms with van der Waals surface area (Å²) >= 11 is 0. The molecule has 3 heterocycles. The molecule has 28 heavy (non-hydrogen) atoms. The first-order chi connectivity index (χ1) is 13.4. The van der Waals surface area contributed by atoms with Crippen molar-refractivity contribution in [2.75, 3.05) is 0 Å². The number of benzene rings is 1. The summed E-state index contributed by atoms with van der Waals surface area (Å²) in [6.45, 7) is 1.51. The normalized spacial score (nSPS) is 14.6. The SMILES string of the molecule is Cc1c(F)cc2nc3c(c4c2c1CCC4)Cn1c-3cc(C(O)O)c(CO)c1=O. The maximum Gasteiger partial charge on any atom is 0.257 e. The molecule has 2 aromatic heterocycles. The largest absolute Gasteiger partial charge is 0.391 e. The zero-order valence-electron chi connectivity index (χ0n) is 15.3. The minimum atomic E-state index is -1.88. The zero-order chi connectivity index (χ0) is 19.7. The fourth-order valence-corrected chi connectivity index (χ4v) is 4.71. The van der Waals surface area contributed by atoms with E-state index in [-0.39, 0.29) is 16.9 Å². The fraction of sp³-hybridized carbons (Fsp3) is 0.333. The summed E-state index contributed by atoms with van der Waals surface area (Å²) in [7, 11) is 0. The molecule has 0 saturated carbocycles. The number of rotatable bonds is 2. The standard InChI is InChI=1S/C21H19FN2O4/c1-9-10-3-2-4-11-13-7-24-17(5-12(21(27)28)14(8-25)20(24)26)19(13)23-16(18(10)11)6-15(9)22/h5-6,21,25,27-28H,2-4,7-8H2,1H3. The van der Waals surface area contributed by atoms with E-state index in [0.29, 0.717) is 29.0 Å². The van der Waals surface area contributed by atoms with Crippen molar-refractivity contribution in [1.82, 2.24) is 9.55 Å². The Morgan fingerprint density at radius 3 is 2.68 bits per heavy atom. The topological polar surface area (TPSA) is 95.6 Å². The van der Waals surface area contributed by atoms with Gasteiger partial charge in [-0.15, -0.1) is 0 Å². The molecule has 0 spiro atoms. The van der Waals surface area contributed by atoms with Gasteiger partial charge in [-0.3, -0.25) is 4.79 Å². The van der Waals surface area contributed by atoms with Gasteiger partial charge in [-0.25, -0.2) is 9.37 Å². The number of aliphatic hydroxyl groups is 3. The maximum atomic E-state index is 14.4. The van der Waals surface area contributed by atoms with Gasteiger partial charge >= 0.3 is 0 Å². The van der Waals surface area contributed by atoms with Crippen molar-refractivity contribution in [1.29, 1.82) is 0 Å². The first-order valence-electron chi connectivity index (χ1n) is 9.29. The van der Waals surface area contributed by atoms with E-state index in [4.69, 9.17) is 0 Å². The molecule has 3 aromatic rings. The molecule has 144 valence electrons. The number of hydrogen-bond donors (Lipinski definition) is 3. The lowest BCUT2D eigenvalue weighted by atomic mass is 9.85. The van der Waals surface area contributed by atoms with E-state index < -0.39 is 18.5 Å². The predicted octanol–water partition coefficient (Wildman–Crippen LogP) is 1.84. The van der Waals surface area contributed by atoms with Gasteiger partial charge in [0.1, 0.15) is 5.82 Å². The number of fused-ring (bicyclic) bond motifs is 4. The second kappa shape index (κ2) is 5.94. The van der Waals surface area contributed by atoms with Crippen LogP contribution in [-0.2, 0) is 26.0 Å². The van der Waals surface area contributed by atoms with Gasteiger partial charge in [0.05, 0.1) is 35.6 Å². The van der Waals surface area contributed by atoms with Gasteiger partial charge in [-0.1, -0.05) is 0 Å². The Kier molecular flexibility index (Phi) is 3.71. The highest BCUT2D eigenvalue weighted by Crippen LogP contribution is 2.41. The lowest BCUT2D eigenvalue weighted by molar-refractivity contribution is -0.0439. The van der Waals surface area contributed by atoms with Gasteiger partial charge in [0.15, 0.2) is 6.29 Å². The fourth-order valence-electron chi connectivity index (χ4n) is 4.71. The van der Waals surface area contributed by atoms with Gasteiger partial charge in [0, 0.05) is 22.6 Å². The van der Waals surface area contributed by atoms with Crippen molar-refractivity contribution < 1.29 is 19.7 Å². The molecule has 0 saturated heterocycles. The summed E-state index contributed by atoms with van der Waals surface area (Å²) in [6, 6.07) is 2.93. The molecule has 7 heteroatoms.